The number of nitrogens with one attached hydrogen (secondary N) is 1. The molecule has 1 aromatic carbocycles. The summed E-state index contributed by atoms with van der Waals surface area (Å²) in [4.78, 5) is 11.6. The molecule has 0 aromatic heterocycles. The monoisotopic (exact) mass is 258 g/mol. The number of benzene rings is 1. The molecule has 1 unspecified atom stereocenters. The third kappa shape index (κ3) is 4.14. The van der Waals surface area contributed by atoms with E-state index in [0.717, 1.165) is 6.07 Å². The third-order valence-corrected chi connectivity index (χ3v) is 3.30. The molecule has 1 atom stereocenters. The number of carbonyl (C=O) groups excluding carboxylic acids is 1. The maximum absolute atomic E-state index is 13.0. The van der Waals surface area contributed by atoms with Crippen molar-refractivity contribution in [1.82, 2.24) is 5.32 Å². The average molecular weight is 258 g/mol. The van der Waals surface area contributed by atoms with Gasteiger partial charge in [0.2, 0.25) is 5.91 Å². The van der Waals surface area contributed by atoms with Gasteiger partial charge in [-0.2, -0.15) is 0 Å². The van der Waals surface area contributed by atoms with Crippen LogP contribution in [-0.4, -0.2) is 21.9 Å². The Balaban J connectivity index is 2.76. The summed E-state index contributed by atoms with van der Waals surface area (Å²) in [7, 11) is -1.63. The zero-order valence-electron chi connectivity index (χ0n) is 9.70. The van der Waals surface area contributed by atoms with Gasteiger partial charge in [0, 0.05) is 11.7 Å². The summed E-state index contributed by atoms with van der Waals surface area (Å²) in [6, 6.07) is 3.59. The molecule has 1 aromatic rings. The quantitative estimate of drug-likeness (QED) is 0.793. The number of amides is 1. The van der Waals surface area contributed by atoms with E-state index in [1.165, 1.54) is 12.1 Å². The minimum Gasteiger partial charge on any atom is -0.398 e. The molecular formula is C11H15FN2O2S. The molecule has 1 amide bonds. The molecule has 0 bridgehead atoms. The summed E-state index contributed by atoms with van der Waals surface area (Å²) >= 11 is 0. The van der Waals surface area contributed by atoms with Crippen LogP contribution in [0.5, 0.6) is 0 Å². The largest absolute Gasteiger partial charge is 0.398 e. The first kappa shape index (κ1) is 13.6. The first-order valence-corrected chi connectivity index (χ1v) is 6.45. The van der Waals surface area contributed by atoms with Gasteiger partial charge in [0.1, 0.15) is 11.6 Å². The summed E-state index contributed by atoms with van der Waals surface area (Å²) in [5.41, 5.74) is 5.80. The molecule has 6 heteroatoms. The van der Waals surface area contributed by atoms with Gasteiger partial charge in [-0.25, -0.2) is 4.39 Å². The van der Waals surface area contributed by atoms with Crippen molar-refractivity contribution in [2.24, 2.45) is 0 Å². The van der Waals surface area contributed by atoms with Crippen LogP contribution in [0.25, 0.3) is 0 Å². The summed E-state index contributed by atoms with van der Waals surface area (Å²) in [6.07, 6.45) is 0. The van der Waals surface area contributed by atoms with Crippen LogP contribution >= 0.6 is 0 Å². The Hall–Kier alpha value is -1.43. The van der Waals surface area contributed by atoms with Crippen molar-refractivity contribution in [3.8, 4) is 0 Å². The van der Waals surface area contributed by atoms with Gasteiger partial charge in [-0.05, 0) is 32.0 Å². The van der Waals surface area contributed by atoms with Crippen LogP contribution < -0.4 is 11.1 Å². The number of hydrogen-bond acceptors (Lipinski definition) is 3. The Labute approximate surface area is 102 Å². The predicted octanol–water partition coefficient (Wildman–Crippen LogP) is 1.04. The van der Waals surface area contributed by atoms with Gasteiger partial charge in [-0.1, -0.05) is 0 Å². The lowest BCUT2D eigenvalue weighted by molar-refractivity contribution is -0.119. The van der Waals surface area contributed by atoms with Crippen molar-refractivity contribution in [1.29, 1.82) is 0 Å². The van der Waals surface area contributed by atoms with Crippen LogP contribution in [0.2, 0.25) is 0 Å². The number of halogens is 1. The number of anilines is 1. The molecule has 3 N–H and O–H groups in total. The SMILES string of the molecule is CC(C)NC(=O)CS(=O)c1cc(F)ccc1N. The average Bonchev–Trinajstić information content (AvgIpc) is 2.20. The maximum atomic E-state index is 13.0. The molecule has 0 aliphatic carbocycles. The van der Waals surface area contributed by atoms with E-state index in [-0.39, 0.29) is 28.3 Å². The highest BCUT2D eigenvalue weighted by molar-refractivity contribution is 7.86. The fourth-order valence-electron chi connectivity index (χ4n) is 1.27. The second-order valence-corrected chi connectivity index (χ2v) is 5.31. The van der Waals surface area contributed by atoms with Crippen molar-refractivity contribution < 1.29 is 13.4 Å². The van der Waals surface area contributed by atoms with Gasteiger partial charge >= 0.3 is 0 Å². The summed E-state index contributed by atoms with van der Waals surface area (Å²) in [6.45, 7) is 3.61. The Bertz CT molecular complexity index is 449. The number of nitrogen functional groups attached to an aromatic ring is 1. The lowest BCUT2D eigenvalue weighted by atomic mass is 10.3. The first-order chi connectivity index (χ1) is 7.90. The van der Waals surface area contributed by atoms with Crippen molar-refractivity contribution in [2.45, 2.75) is 24.8 Å². The Morgan fingerprint density at radius 2 is 2.18 bits per heavy atom. The maximum Gasteiger partial charge on any atom is 0.233 e. The molecule has 0 aliphatic rings. The Morgan fingerprint density at radius 3 is 2.76 bits per heavy atom. The van der Waals surface area contributed by atoms with Crippen molar-refractivity contribution in [3.63, 3.8) is 0 Å². The third-order valence-electron chi connectivity index (χ3n) is 1.93. The number of rotatable bonds is 4. The highest BCUT2D eigenvalue weighted by atomic mass is 32.2. The summed E-state index contributed by atoms with van der Waals surface area (Å²) in [5, 5.41) is 2.61. The fourth-order valence-corrected chi connectivity index (χ4v) is 2.32. The molecule has 0 radical (unpaired) electrons. The molecule has 0 saturated heterocycles. The molecule has 0 saturated carbocycles. The molecule has 0 fully saturated rings. The second kappa shape index (κ2) is 5.77. The molecule has 94 valence electrons. The van der Waals surface area contributed by atoms with E-state index < -0.39 is 16.6 Å². The standard InChI is InChI=1S/C11H15FN2O2S/c1-7(2)14-11(15)6-17(16)10-5-8(12)3-4-9(10)13/h3-5,7H,6,13H2,1-2H3,(H,14,15). The molecule has 17 heavy (non-hydrogen) atoms. The van der Waals surface area contributed by atoms with Gasteiger partial charge in [-0.3, -0.25) is 9.00 Å². The molecule has 0 aliphatic heterocycles. The van der Waals surface area contributed by atoms with Crippen LogP contribution in [0, 0.1) is 5.82 Å². The van der Waals surface area contributed by atoms with Crippen LogP contribution in [0.4, 0.5) is 10.1 Å². The van der Waals surface area contributed by atoms with E-state index in [2.05, 4.69) is 5.32 Å². The van der Waals surface area contributed by atoms with E-state index in [1.807, 2.05) is 0 Å². The van der Waals surface area contributed by atoms with E-state index >= 15 is 0 Å². The van der Waals surface area contributed by atoms with Gasteiger partial charge in [0.15, 0.2) is 0 Å². The van der Waals surface area contributed by atoms with Crippen LogP contribution in [0.1, 0.15) is 13.8 Å². The first-order valence-electron chi connectivity index (χ1n) is 5.13. The van der Waals surface area contributed by atoms with Crippen molar-refractivity contribution in [2.75, 3.05) is 11.5 Å². The topological polar surface area (TPSA) is 72.2 Å². The normalized spacial score (nSPS) is 12.5. The summed E-state index contributed by atoms with van der Waals surface area (Å²) in [5.74, 6) is -1.08. The van der Waals surface area contributed by atoms with Crippen molar-refractivity contribution in [3.05, 3.63) is 24.0 Å². The fraction of sp³-hybridized carbons (Fsp3) is 0.364. The van der Waals surface area contributed by atoms with Crippen molar-refractivity contribution >= 4 is 22.4 Å². The molecule has 0 spiro atoms. The van der Waals surface area contributed by atoms with Gasteiger partial charge in [0.25, 0.3) is 0 Å². The number of hydrogen-bond donors (Lipinski definition) is 2. The van der Waals surface area contributed by atoms with E-state index in [4.69, 9.17) is 5.73 Å². The van der Waals surface area contributed by atoms with Gasteiger partial charge < -0.3 is 11.1 Å². The van der Waals surface area contributed by atoms with E-state index in [1.54, 1.807) is 13.8 Å². The zero-order valence-corrected chi connectivity index (χ0v) is 10.5. The zero-order chi connectivity index (χ0) is 13.0. The smallest absolute Gasteiger partial charge is 0.233 e. The predicted molar refractivity (Wildman–Crippen MR) is 65.4 cm³/mol. The molecule has 1 rings (SSSR count). The minimum atomic E-state index is -1.63. The van der Waals surface area contributed by atoms with Crippen LogP contribution in [-0.2, 0) is 15.6 Å². The van der Waals surface area contributed by atoms with E-state index in [9.17, 15) is 13.4 Å². The minimum absolute atomic E-state index is 0.0237. The second-order valence-electron chi connectivity index (χ2n) is 3.89. The highest BCUT2D eigenvalue weighted by Crippen LogP contribution is 2.17. The van der Waals surface area contributed by atoms with Gasteiger partial charge in [0.05, 0.1) is 15.7 Å². The number of carbonyl (C=O) groups is 1. The Morgan fingerprint density at radius 1 is 1.53 bits per heavy atom. The van der Waals surface area contributed by atoms with Crippen LogP contribution in [0.15, 0.2) is 23.1 Å². The Kier molecular flexibility index (Phi) is 4.62. The molecule has 0 heterocycles. The van der Waals surface area contributed by atoms with Gasteiger partial charge in [-0.15, -0.1) is 0 Å². The van der Waals surface area contributed by atoms with Crippen LogP contribution in [0.3, 0.4) is 0 Å². The molecule has 4 nitrogen and oxygen atoms in total. The summed E-state index contributed by atoms with van der Waals surface area (Å²) < 4.78 is 24.8. The number of nitrogens with two attached hydrogens (primary N) is 1. The lowest BCUT2D eigenvalue weighted by Crippen LogP contribution is -2.33. The van der Waals surface area contributed by atoms with E-state index in [0.29, 0.717) is 0 Å². The highest BCUT2D eigenvalue weighted by Gasteiger charge is 2.14. The molecular weight excluding hydrogens is 243 g/mol. The lowest BCUT2D eigenvalue weighted by Gasteiger charge is -2.09.